The summed E-state index contributed by atoms with van der Waals surface area (Å²) in [6.45, 7) is 1.33. The average Bonchev–Trinajstić information content (AvgIpc) is 2.79. The van der Waals surface area contributed by atoms with Crippen LogP contribution in [0.25, 0.3) is 0 Å². The standard InChI is InChI=1S/C23H21Cl2N3O4S/c1-16-3-10-20(11-4-16)33(30,31)28(19-9-12-22(32-2)21(25)13-19)15-23(29)27-26-14-17-5-7-18(24)8-6-17/h3-14H,15H2,1-2H3,(H,27,29)/b26-14-. The van der Waals surface area contributed by atoms with Crippen LogP contribution in [0.15, 0.2) is 76.7 Å². The maximum Gasteiger partial charge on any atom is 0.264 e. The second-order valence-electron chi connectivity index (χ2n) is 6.99. The molecule has 0 bridgehead atoms. The minimum Gasteiger partial charge on any atom is -0.495 e. The van der Waals surface area contributed by atoms with Crippen LogP contribution in [0.5, 0.6) is 5.75 Å². The molecular formula is C23H21Cl2N3O4S. The van der Waals surface area contributed by atoms with Gasteiger partial charge in [0, 0.05) is 5.02 Å². The molecular weight excluding hydrogens is 485 g/mol. The van der Waals surface area contributed by atoms with Gasteiger partial charge in [0.1, 0.15) is 12.3 Å². The number of ether oxygens (including phenoxy) is 1. The summed E-state index contributed by atoms with van der Waals surface area (Å²) in [6.07, 6.45) is 1.43. The summed E-state index contributed by atoms with van der Waals surface area (Å²) < 4.78 is 32.9. The summed E-state index contributed by atoms with van der Waals surface area (Å²) in [5.41, 5.74) is 4.17. The summed E-state index contributed by atoms with van der Waals surface area (Å²) in [4.78, 5) is 12.6. The topological polar surface area (TPSA) is 88.1 Å². The second-order valence-corrected chi connectivity index (χ2v) is 9.69. The first-order chi connectivity index (χ1) is 15.7. The van der Waals surface area contributed by atoms with Crippen molar-refractivity contribution in [3.63, 3.8) is 0 Å². The number of nitrogens with one attached hydrogen (secondary N) is 1. The quantitative estimate of drug-likeness (QED) is 0.356. The number of aryl methyl sites for hydroxylation is 1. The molecule has 0 spiro atoms. The predicted molar refractivity (Wildman–Crippen MR) is 131 cm³/mol. The van der Waals surface area contributed by atoms with Gasteiger partial charge in [-0.3, -0.25) is 9.10 Å². The Balaban J connectivity index is 1.88. The van der Waals surface area contributed by atoms with Crippen molar-refractivity contribution in [3.05, 3.63) is 87.9 Å². The van der Waals surface area contributed by atoms with Crippen LogP contribution < -0.4 is 14.5 Å². The smallest absolute Gasteiger partial charge is 0.264 e. The van der Waals surface area contributed by atoms with E-state index >= 15 is 0 Å². The van der Waals surface area contributed by atoms with E-state index in [0.29, 0.717) is 16.3 Å². The second kappa shape index (κ2) is 10.7. The summed E-state index contributed by atoms with van der Waals surface area (Å²) in [6, 6.07) is 17.6. The van der Waals surface area contributed by atoms with Crippen LogP contribution in [0.4, 0.5) is 5.69 Å². The van der Waals surface area contributed by atoms with Gasteiger partial charge >= 0.3 is 0 Å². The molecule has 33 heavy (non-hydrogen) atoms. The lowest BCUT2D eigenvalue weighted by Gasteiger charge is -2.24. The molecule has 0 aromatic heterocycles. The molecule has 3 rings (SSSR count). The lowest BCUT2D eigenvalue weighted by atomic mass is 10.2. The molecule has 0 aliphatic heterocycles. The zero-order chi connectivity index (χ0) is 24.0. The van der Waals surface area contributed by atoms with E-state index in [1.54, 1.807) is 36.4 Å². The van der Waals surface area contributed by atoms with Crippen LogP contribution >= 0.6 is 23.2 Å². The molecule has 0 aliphatic rings. The monoisotopic (exact) mass is 505 g/mol. The molecule has 172 valence electrons. The van der Waals surface area contributed by atoms with Gasteiger partial charge in [-0.15, -0.1) is 0 Å². The molecule has 0 fully saturated rings. The number of nitrogens with zero attached hydrogens (tertiary/aromatic N) is 2. The number of benzene rings is 3. The van der Waals surface area contributed by atoms with Crippen molar-refractivity contribution in [1.29, 1.82) is 0 Å². The summed E-state index contributed by atoms with van der Waals surface area (Å²) >= 11 is 12.1. The molecule has 0 atom stereocenters. The Morgan fingerprint density at radius 3 is 2.33 bits per heavy atom. The Labute approximate surface area is 202 Å². The van der Waals surface area contributed by atoms with Crippen LogP contribution in [-0.2, 0) is 14.8 Å². The maximum absolute atomic E-state index is 13.4. The van der Waals surface area contributed by atoms with Crippen molar-refractivity contribution >= 4 is 51.0 Å². The highest BCUT2D eigenvalue weighted by Crippen LogP contribution is 2.31. The van der Waals surface area contributed by atoms with Crippen LogP contribution in [-0.4, -0.2) is 34.2 Å². The van der Waals surface area contributed by atoms with E-state index in [2.05, 4.69) is 10.5 Å². The Morgan fingerprint density at radius 2 is 1.73 bits per heavy atom. The molecule has 10 heteroatoms. The molecule has 3 aromatic carbocycles. The molecule has 0 heterocycles. The number of carbonyl (C=O) groups is 1. The number of halogens is 2. The number of hydrogen-bond acceptors (Lipinski definition) is 5. The van der Waals surface area contributed by atoms with Crippen LogP contribution in [0.3, 0.4) is 0 Å². The van der Waals surface area contributed by atoms with Crippen molar-refractivity contribution in [1.82, 2.24) is 5.43 Å². The molecule has 1 amide bonds. The van der Waals surface area contributed by atoms with E-state index in [1.165, 1.54) is 43.7 Å². The van der Waals surface area contributed by atoms with Gasteiger partial charge < -0.3 is 4.74 Å². The van der Waals surface area contributed by atoms with Gasteiger partial charge in [0.05, 0.1) is 28.9 Å². The summed E-state index contributed by atoms with van der Waals surface area (Å²) in [5.74, 6) is -0.257. The minimum absolute atomic E-state index is 0.0394. The third-order valence-corrected chi connectivity index (χ3v) is 6.93. The molecule has 3 aromatic rings. The number of anilines is 1. The van der Waals surface area contributed by atoms with Gasteiger partial charge in [-0.25, -0.2) is 13.8 Å². The van der Waals surface area contributed by atoms with E-state index in [0.717, 1.165) is 9.87 Å². The fraction of sp³-hybridized carbons (Fsp3) is 0.130. The van der Waals surface area contributed by atoms with E-state index in [9.17, 15) is 13.2 Å². The molecule has 0 saturated carbocycles. The highest BCUT2D eigenvalue weighted by Gasteiger charge is 2.27. The third kappa shape index (κ3) is 6.25. The predicted octanol–water partition coefficient (Wildman–Crippen LogP) is 4.66. The molecule has 0 unspecified atom stereocenters. The van der Waals surface area contributed by atoms with E-state index in [1.807, 2.05) is 6.92 Å². The van der Waals surface area contributed by atoms with Gasteiger partial charge in [-0.05, 0) is 55.0 Å². The largest absolute Gasteiger partial charge is 0.495 e. The molecule has 0 saturated heterocycles. The van der Waals surface area contributed by atoms with E-state index < -0.39 is 22.5 Å². The maximum atomic E-state index is 13.4. The average molecular weight is 506 g/mol. The number of hydrogen-bond donors (Lipinski definition) is 1. The molecule has 7 nitrogen and oxygen atoms in total. The fourth-order valence-electron chi connectivity index (χ4n) is 2.86. The summed E-state index contributed by atoms with van der Waals surface area (Å²) in [5, 5.41) is 4.68. The van der Waals surface area contributed by atoms with Gasteiger partial charge in [-0.2, -0.15) is 5.10 Å². The van der Waals surface area contributed by atoms with Crippen molar-refractivity contribution in [2.45, 2.75) is 11.8 Å². The highest BCUT2D eigenvalue weighted by atomic mass is 35.5. The number of carbonyl (C=O) groups excluding carboxylic acids is 1. The van der Waals surface area contributed by atoms with Crippen LogP contribution in [0, 0.1) is 6.92 Å². The fourth-order valence-corrected chi connectivity index (χ4v) is 4.65. The SMILES string of the molecule is COc1ccc(N(CC(=O)N/N=C\c2ccc(Cl)cc2)S(=O)(=O)c2ccc(C)cc2)cc1Cl. The van der Waals surface area contributed by atoms with Crippen molar-refractivity contribution < 1.29 is 17.9 Å². The van der Waals surface area contributed by atoms with E-state index in [4.69, 9.17) is 27.9 Å². The normalized spacial score (nSPS) is 11.4. The van der Waals surface area contributed by atoms with Gasteiger partial charge in [0.2, 0.25) is 0 Å². The van der Waals surface area contributed by atoms with E-state index in [-0.39, 0.29) is 15.6 Å². The zero-order valence-electron chi connectivity index (χ0n) is 17.8. The Morgan fingerprint density at radius 1 is 1.06 bits per heavy atom. The lowest BCUT2D eigenvalue weighted by Crippen LogP contribution is -2.39. The number of rotatable bonds is 8. The first-order valence-corrected chi connectivity index (χ1v) is 11.9. The molecule has 0 radical (unpaired) electrons. The number of amides is 1. The summed E-state index contributed by atoms with van der Waals surface area (Å²) in [7, 11) is -2.63. The van der Waals surface area contributed by atoms with Crippen LogP contribution in [0.1, 0.15) is 11.1 Å². The third-order valence-electron chi connectivity index (χ3n) is 4.59. The Bertz CT molecular complexity index is 1260. The lowest BCUT2D eigenvalue weighted by molar-refractivity contribution is -0.119. The van der Waals surface area contributed by atoms with Gasteiger partial charge in [0.15, 0.2) is 0 Å². The highest BCUT2D eigenvalue weighted by molar-refractivity contribution is 7.92. The Hall–Kier alpha value is -3.07. The van der Waals surface area contributed by atoms with Gasteiger partial charge in [-0.1, -0.05) is 53.0 Å². The number of methoxy groups -OCH3 is 1. The van der Waals surface area contributed by atoms with Crippen LogP contribution in [0.2, 0.25) is 10.0 Å². The number of sulfonamides is 1. The molecule has 1 N–H and O–H groups in total. The first-order valence-electron chi connectivity index (χ1n) is 9.71. The first kappa shape index (κ1) is 24.6. The Kier molecular flexibility index (Phi) is 7.97. The zero-order valence-corrected chi connectivity index (χ0v) is 20.2. The molecule has 0 aliphatic carbocycles. The van der Waals surface area contributed by atoms with Gasteiger partial charge in [0.25, 0.3) is 15.9 Å². The minimum atomic E-state index is -4.08. The van der Waals surface area contributed by atoms with Crippen molar-refractivity contribution in [2.24, 2.45) is 5.10 Å². The number of hydrazone groups is 1. The van der Waals surface area contributed by atoms with Crippen molar-refractivity contribution in [3.8, 4) is 5.75 Å². The van der Waals surface area contributed by atoms with Crippen molar-refractivity contribution in [2.75, 3.05) is 18.0 Å².